The number of halogens is 3. The van der Waals surface area contributed by atoms with E-state index in [-0.39, 0.29) is 11.1 Å². The summed E-state index contributed by atoms with van der Waals surface area (Å²) in [6.07, 6.45) is -5.67. The first-order chi connectivity index (χ1) is 8.34. The van der Waals surface area contributed by atoms with Crippen LogP contribution in [0.1, 0.15) is 15.9 Å². The molecular weight excluding hydrogens is 249 g/mol. The molecule has 0 aromatic heterocycles. The number of rotatable bonds is 1. The SMILES string of the molecule is COC(=O)[C@]1(C(F)(F)F)Cc2ccccc2C1=O. The highest BCUT2D eigenvalue weighted by Crippen LogP contribution is 2.49. The van der Waals surface area contributed by atoms with Crippen LogP contribution in [-0.2, 0) is 16.0 Å². The van der Waals surface area contributed by atoms with Gasteiger partial charge >= 0.3 is 12.1 Å². The number of esters is 1. The third kappa shape index (κ3) is 1.45. The number of fused-ring (bicyclic) bond motifs is 1. The summed E-state index contributed by atoms with van der Waals surface area (Å²) in [5.74, 6) is -2.80. The van der Waals surface area contributed by atoms with Gasteiger partial charge in [0.15, 0.2) is 5.78 Å². The Kier molecular flexibility index (Phi) is 2.68. The zero-order valence-electron chi connectivity index (χ0n) is 9.38. The molecule has 1 aromatic carbocycles. The molecule has 0 spiro atoms. The summed E-state index contributed by atoms with van der Waals surface area (Å²) in [6.45, 7) is 0. The van der Waals surface area contributed by atoms with Crippen LogP contribution in [0.4, 0.5) is 13.2 Å². The minimum atomic E-state index is -4.98. The monoisotopic (exact) mass is 258 g/mol. The topological polar surface area (TPSA) is 43.4 Å². The fraction of sp³-hybridized carbons (Fsp3) is 0.333. The lowest BCUT2D eigenvalue weighted by molar-refractivity contribution is -0.215. The highest BCUT2D eigenvalue weighted by Gasteiger charge is 2.69. The van der Waals surface area contributed by atoms with Crippen molar-refractivity contribution < 1.29 is 27.5 Å². The number of ketones is 1. The van der Waals surface area contributed by atoms with E-state index in [4.69, 9.17) is 0 Å². The summed E-state index contributed by atoms with van der Waals surface area (Å²) >= 11 is 0. The predicted molar refractivity (Wildman–Crippen MR) is 55.0 cm³/mol. The van der Waals surface area contributed by atoms with Gasteiger partial charge in [-0.25, -0.2) is 0 Å². The molecule has 0 saturated heterocycles. The maximum absolute atomic E-state index is 13.1. The van der Waals surface area contributed by atoms with Crippen LogP contribution < -0.4 is 0 Å². The average Bonchev–Trinajstić information content (AvgIpc) is 2.63. The molecule has 0 saturated carbocycles. The first kappa shape index (κ1) is 12.6. The number of hydrogen-bond donors (Lipinski definition) is 0. The second-order valence-corrected chi connectivity index (χ2v) is 4.06. The number of Topliss-reactive ketones (excluding diaryl/α,β-unsaturated/α-hetero) is 1. The first-order valence-electron chi connectivity index (χ1n) is 5.12. The van der Waals surface area contributed by atoms with Gasteiger partial charge in [-0.05, 0) is 5.56 Å². The number of carbonyl (C=O) groups excluding carboxylic acids is 2. The molecule has 0 radical (unpaired) electrons. The molecule has 0 amide bonds. The van der Waals surface area contributed by atoms with Crippen LogP contribution in [0.3, 0.4) is 0 Å². The van der Waals surface area contributed by atoms with Crippen LogP contribution in [0, 0.1) is 5.41 Å². The fourth-order valence-corrected chi connectivity index (χ4v) is 2.18. The van der Waals surface area contributed by atoms with Crippen LogP contribution in [0.5, 0.6) is 0 Å². The molecule has 0 fully saturated rings. The first-order valence-corrected chi connectivity index (χ1v) is 5.12. The van der Waals surface area contributed by atoms with Crippen molar-refractivity contribution in [1.82, 2.24) is 0 Å². The largest absolute Gasteiger partial charge is 0.468 e. The molecule has 0 bridgehead atoms. The molecule has 1 aliphatic rings. The van der Waals surface area contributed by atoms with Gasteiger partial charge in [0.25, 0.3) is 0 Å². The van der Waals surface area contributed by atoms with Crippen molar-refractivity contribution in [2.75, 3.05) is 7.11 Å². The predicted octanol–water partition coefficient (Wildman–Crippen LogP) is 2.15. The highest BCUT2D eigenvalue weighted by molar-refractivity contribution is 6.16. The molecule has 1 aliphatic carbocycles. The van der Waals surface area contributed by atoms with E-state index in [1.165, 1.54) is 24.3 Å². The quantitative estimate of drug-likeness (QED) is 0.572. The highest BCUT2D eigenvalue weighted by atomic mass is 19.4. The third-order valence-corrected chi connectivity index (χ3v) is 3.12. The molecule has 6 heteroatoms. The lowest BCUT2D eigenvalue weighted by atomic mass is 9.83. The van der Waals surface area contributed by atoms with Crippen molar-refractivity contribution in [2.24, 2.45) is 5.41 Å². The Morgan fingerprint density at radius 3 is 2.44 bits per heavy atom. The van der Waals surface area contributed by atoms with Crippen LogP contribution in [0.15, 0.2) is 24.3 Å². The lowest BCUT2D eigenvalue weighted by Crippen LogP contribution is -2.50. The second kappa shape index (κ2) is 3.83. The molecule has 1 aromatic rings. The van der Waals surface area contributed by atoms with Crippen molar-refractivity contribution in [2.45, 2.75) is 12.6 Å². The summed E-state index contributed by atoms with van der Waals surface area (Å²) in [6, 6.07) is 5.67. The van der Waals surface area contributed by atoms with Crippen molar-refractivity contribution in [1.29, 1.82) is 0 Å². The van der Waals surface area contributed by atoms with E-state index in [0.29, 0.717) is 0 Å². The zero-order chi connectivity index (χ0) is 13.6. The van der Waals surface area contributed by atoms with Crippen molar-refractivity contribution in [3.05, 3.63) is 35.4 Å². The summed E-state index contributed by atoms with van der Waals surface area (Å²) in [5, 5.41) is 0. The molecule has 3 nitrogen and oxygen atoms in total. The Hall–Kier alpha value is -1.85. The van der Waals surface area contributed by atoms with Gasteiger partial charge in [0.2, 0.25) is 5.41 Å². The van der Waals surface area contributed by atoms with E-state index < -0.39 is 29.8 Å². The van der Waals surface area contributed by atoms with Gasteiger partial charge in [-0.15, -0.1) is 0 Å². The Morgan fingerprint density at radius 2 is 1.94 bits per heavy atom. The molecular formula is C12H9F3O3. The van der Waals surface area contributed by atoms with Gasteiger partial charge in [0, 0.05) is 12.0 Å². The van der Waals surface area contributed by atoms with E-state index in [9.17, 15) is 22.8 Å². The fourth-order valence-electron chi connectivity index (χ4n) is 2.18. The molecule has 0 aliphatic heterocycles. The number of hydrogen-bond acceptors (Lipinski definition) is 3. The Balaban J connectivity index is 2.62. The van der Waals surface area contributed by atoms with Crippen molar-refractivity contribution >= 4 is 11.8 Å². The summed E-state index contributed by atoms with van der Waals surface area (Å²) in [4.78, 5) is 23.4. The maximum atomic E-state index is 13.1. The molecule has 2 rings (SSSR count). The number of ether oxygens (including phenoxy) is 1. The Labute approximate surface area is 101 Å². The van der Waals surface area contributed by atoms with E-state index in [1.54, 1.807) is 0 Å². The zero-order valence-corrected chi connectivity index (χ0v) is 9.38. The van der Waals surface area contributed by atoms with E-state index in [0.717, 1.165) is 7.11 Å². The second-order valence-electron chi connectivity index (χ2n) is 4.06. The molecule has 1 atom stereocenters. The smallest absolute Gasteiger partial charge is 0.412 e. The molecule has 0 heterocycles. The van der Waals surface area contributed by atoms with Crippen LogP contribution in [0.25, 0.3) is 0 Å². The standard InChI is InChI=1S/C12H9F3O3/c1-18-10(17)11(12(13,14)15)6-7-4-2-3-5-8(7)9(11)16/h2-5H,6H2,1H3/t11-/m0/s1. The van der Waals surface area contributed by atoms with Gasteiger partial charge in [-0.1, -0.05) is 24.3 Å². The lowest BCUT2D eigenvalue weighted by Gasteiger charge is -2.26. The van der Waals surface area contributed by atoms with Gasteiger partial charge < -0.3 is 4.74 Å². The minimum absolute atomic E-state index is 0.0692. The van der Waals surface area contributed by atoms with Crippen LogP contribution >= 0.6 is 0 Å². The molecule has 0 unspecified atom stereocenters. The van der Waals surface area contributed by atoms with Crippen LogP contribution in [-0.4, -0.2) is 25.0 Å². The molecule has 0 N–H and O–H groups in total. The van der Waals surface area contributed by atoms with Gasteiger partial charge in [-0.3, -0.25) is 9.59 Å². The maximum Gasteiger partial charge on any atom is 0.412 e. The molecule has 96 valence electrons. The number of benzene rings is 1. The summed E-state index contributed by atoms with van der Waals surface area (Å²) < 4.78 is 43.6. The molecule has 18 heavy (non-hydrogen) atoms. The van der Waals surface area contributed by atoms with E-state index in [1.807, 2.05) is 0 Å². The van der Waals surface area contributed by atoms with E-state index in [2.05, 4.69) is 4.74 Å². The van der Waals surface area contributed by atoms with E-state index >= 15 is 0 Å². The van der Waals surface area contributed by atoms with Crippen molar-refractivity contribution in [3.63, 3.8) is 0 Å². The average molecular weight is 258 g/mol. The number of methoxy groups -OCH3 is 1. The summed E-state index contributed by atoms with van der Waals surface area (Å²) in [7, 11) is 0.839. The third-order valence-electron chi connectivity index (χ3n) is 3.12. The van der Waals surface area contributed by atoms with Gasteiger partial charge in [-0.2, -0.15) is 13.2 Å². The Bertz CT molecular complexity index is 522. The summed E-state index contributed by atoms with van der Waals surface area (Å²) in [5.41, 5.74) is -2.95. The van der Waals surface area contributed by atoms with Crippen LogP contribution in [0.2, 0.25) is 0 Å². The van der Waals surface area contributed by atoms with Crippen molar-refractivity contribution in [3.8, 4) is 0 Å². The minimum Gasteiger partial charge on any atom is -0.468 e. The van der Waals surface area contributed by atoms with Gasteiger partial charge in [0.1, 0.15) is 0 Å². The number of alkyl halides is 3. The number of carbonyl (C=O) groups is 2. The Morgan fingerprint density at radius 1 is 1.33 bits per heavy atom. The van der Waals surface area contributed by atoms with Gasteiger partial charge in [0.05, 0.1) is 7.11 Å². The normalized spacial score (nSPS) is 22.8.